The molecule has 30 heavy (non-hydrogen) atoms. The number of pyridine rings is 1. The highest BCUT2D eigenvalue weighted by Gasteiger charge is 2.23. The summed E-state index contributed by atoms with van der Waals surface area (Å²) in [4.78, 5) is 16.3. The van der Waals surface area contributed by atoms with Crippen LogP contribution in [0.1, 0.15) is 12.6 Å². The van der Waals surface area contributed by atoms with Crippen LogP contribution in [0.3, 0.4) is 0 Å². The van der Waals surface area contributed by atoms with Crippen molar-refractivity contribution in [2.75, 3.05) is 37.2 Å². The number of morpholine rings is 1. The van der Waals surface area contributed by atoms with Gasteiger partial charge in [-0.2, -0.15) is 4.36 Å². The Balaban J connectivity index is 1.94. The predicted molar refractivity (Wildman–Crippen MR) is 132 cm³/mol. The zero-order valence-corrected chi connectivity index (χ0v) is 21.0. The third-order valence-electron chi connectivity index (χ3n) is 4.82. The normalized spacial score (nSPS) is 17.5. The van der Waals surface area contributed by atoms with E-state index in [9.17, 15) is 4.21 Å². The monoisotopic (exact) mass is 558 g/mol. The van der Waals surface area contributed by atoms with Gasteiger partial charge in [0, 0.05) is 88.0 Å². The molecule has 0 unspecified atom stereocenters. The van der Waals surface area contributed by atoms with Crippen LogP contribution in [0.4, 0.5) is 11.6 Å². The van der Waals surface area contributed by atoms with Crippen LogP contribution in [-0.4, -0.2) is 61.4 Å². The van der Waals surface area contributed by atoms with Crippen LogP contribution in [0.2, 0.25) is 0 Å². The SMILES string of the molecule is Cc1cc2c(-c3nc(N=S(C)(C)=O)cc(N4CCOC[C@H]4C)n3)ccnc2n1SI. The van der Waals surface area contributed by atoms with Crippen molar-refractivity contribution in [3.63, 3.8) is 0 Å². The quantitative estimate of drug-likeness (QED) is 0.443. The van der Waals surface area contributed by atoms with E-state index in [2.05, 4.69) is 57.4 Å². The predicted octanol–water partition coefficient (Wildman–Crippen LogP) is 4.23. The number of ether oxygens (including phenoxy) is 1. The van der Waals surface area contributed by atoms with Gasteiger partial charge in [0.25, 0.3) is 0 Å². The molecule has 4 heterocycles. The number of halogens is 1. The number of aromatic nitrogens is 4. The maximum Gasteiger partial charge on any atom is 0.167 e. The molecule has 1 fully saturated rings. The molecule has 1 aliphatic heterocycles. The van der Waals surface area contributed by atoms with E-state index >= 15 is 0 Å². The minimum absolute atomic E-state index is 0.179. The lowest BCUT2D eigenvalue weighted by Gasteiger charge is -2.34. The Bertz CT molecular complexity index is 1210. The first-order chi connectivity index (χ1) is 14.3. The standard InChI is InChI=1S/C19H23IN6O2S2/c1-12-9-15-14(5-6-21-19(15)26(12)29-20)18-22-16(24-30(3,4)27)10-17(23-18)25-7-8-28-11-13(25)2/h5-6,9-10,13H,7-8,11H2,1-4H3/t13-/m1/s1. The molecule has 0 N–H and O–H groups in total. The number of fused-ring (bicyclic) bond motifs is 1. The van der Waals surface area contributed by atoms with Gasteiger partial charge in [0.2, 0.25) is 0 Å². The molecule has 3 aromatic heterocycles. The van der Waals surface area contributed by atoms with E-state index in [0.29, 0.717) is 24.9 Å². The lowest BCUT2D eigenvalue weighted by Crippen LogP contribution is -2.44. The lowest BCUT2D eigenvalue weighted by atomic mass is 10.1. The van der Waals surface area contributed by atoms with Crippen LogP contribution in [0.5, 0.6) is 0 Å². The fraction of sp³-hybridized carbons (Fsp3) is 0.421. The lowest BCUT2D eigenvalue weighted by molar-refractivity contribution is 0.0985. The van der Waals surface area contributed by atoms with Crippen LogP contribution in [-0.2, 0) is 14.5 Å². The highest BCUT2D eigenvalue weighted by molar-refractivity contribution is 14.2. The summed E-state index contributed by atoms with van der Waals surface area (Å²) in [6.45, 7) is 6.17. The third kappa shape index (κ3) is 4.43. The number of aryl methyl sites for hydroxylation is 1. The Morgan fingerprint density at radius 1 is 1.33 bits per heavy atom. The molecule has 11 heteroatoms. The van der Waals surface area contributed by atoms with E-state index in [1.807, 2.05) is 19.1 Å². The topological polar surface area (TPSA) is 85.5 Å². The van der Waals surface area contributed by atoms with Crippen LogP contribution in [0.25, 0.3) is 22.4 Å². The molecule has 4 rings (SSSR count). The number of nitrogens with zero attached hydrogens (tertiary/aromatic N) is 6. The Morgan fingerprint density at radius 2 is 2.13 bits per heavy atom. The summed E-state index contributed by atoms with van der Waals surface area (Å²) in [5, 5.41) is 0.978. The van der Waals surface area contributed by atoms with Gasteiger partial charge in [-0.1, -0.05) is 0 Å². The van der Waals surface area contributed by atoms with Gasteiger partial charge in [0.1, 0.15) is 5.82 Å². The molecule has 8 nitrogen and oxygen atoms in total. The second-order valence-electron chi connectivity index (χ2n) is 7.54. The molecule has 0 amide bonds. The van der Waals surface area contributed by atoms with Gasteiger partial charge < -0.3 is 9.64 Å². The highest BCUT2D eigenvalue weighted by atomic mass is 127. The Hall–Kier alpha value is -1.44. The molecule has 3 aromatic rings. The summed E-state index contributed by atoms with van der Waals surface area (Å²) >= 11 is 2.25. The number of hydrogen-bond donors (Lipinski definition) is 0. The first-order valence-electron chi connectivity index (χ1n) is 9.44. The molecule has 160 valence electrons. The van der Waals surface area contributed by atoms with E-state index in [0.717, 1.165) is 34.7 Å². The van der Waals surface area contributed by atoms with Crippen molar-refractivity contribution in [3.8, 4) is 11.4 Å². The van der Waals surface area contributed by atoms with Crippen molar-refractivity contribution in [1.29, 1.82) is 0 Å². The van der Waals surface area contributed by atoms with Gasteiger partial charge in [-0.3, -0.25) is 3.97 Å². The maximum atomic E-state index is 12.4. The van der Waals surface area contributed by atoms with Crippen LogP contribution < -0.4 is 4.90 Å². The van der Waals surface area contributed by atoms with Gasteiger partial charge >= 0.3 is 0 Å². The molecule has 1 saturated heterocycles. The van der Waals surface area contributed by atoms with Crippen LogP contribution in [0, 0.1) is 6.92 Å². The van der Waals surface area contributed by atoms with Crippen molar-refractivity contribution in [2.24, 2.45) is 4.36 Å². The molecule has 0 radical (unpaired) electrons. The van der Waals surface area contributed by atoms with Gasteiger partial charge in [-0.25, -0.2) is 19.2 Å². The summed E-state index contributed by atoms with van der Waals surface area (Å²) in [7, 11) is -0.788. The third-order valence-corrected chi connectivity index (χ3v) is 7.23. The van der Waals surface area contributed by atoms with Crippen molar-refractivity contribution in [3.05, 3.63) is 30.1 Å². The second-order valence-corrected chi connectivity index (χ2v) is 11.8. The van der Waals surface area contributed by atoms with Gasteiger partial charge in [0.15, 0.2) is 17.3 Å². The Labute approximate surface area is 192 Å². The molecule has 0 aliphatic carbocycles. The first-order valence-corrected chi connectivity index (χ1v) is 15.1. The first kappa shape index (κ1) is 21.8. The van der Waals surface area contributed by atoms with E-state index in [1.54, 1.807) is 27.8 Å². The zero-order valence-electron chi connectivity index (χ0n) is 17.2. The number of rotatable bonds is 4. The molecule has 0 spiro atoms. The van der Waals surface area contributed by atoms with Gasteiger partial charge in [-0.15, -0.1) is 0 Å². The Morgan fingerprint density at radius 3 is 2.83 bits per heavy atom. The fourth-order valence-electron chi connectivity index (χ4n) is 3.51. The fourth-order valence-corrected chi connectivity index (χ4v) is 5.92. The van der Waals surface area contributed by atoms with Gasteiger partial charge in [-0.05, 0) is 26.0 Å². The molecular weight excluding hydrogens is 535 g/mol. The van der Waals surface area contributed by atoms with Crippen molar-refractivity contribution in [1.82, 2.24) is 18.9 Å². The average molecular weight is 558 g/mol. The average Bonchev–Trinajstić information content (AvgIpc) is 3.01. The Kier molecular flexibility index (Phi) is 6.24. The molecule has 1 aliphatic rings. The van der Waals surface area contributed by atoms with E-state index < -0.39 is 9.73 Å². The molecule has 0 bridgehead atoms. The molecule has 0 aromatic carbocycles. The van der Waals surface area contributed by atoms with E-state index in [4.69, 9.17) is 9.72 Å². The van der Waals surface area contributed by atoms with Crippen molar-refractivity contribution >= 4 is 62.7 Å². The highest BCUT2D eigenvalue weighted by Crippen LogP contribution is 2.34. The largest absolute Gasteiger partial charge is 0.377 e. The minimum Gasteiger partial charge on any atom is -0.377 e. The zero-order chi connectivity index (χ0) is 21.5. The van der Waals surface area contributed by atoms with Crippen molar-refractivity contribution < 1.29 is 8.95 Å². The number of hydrogen-bond acceptors (Lipinski definition) is 8. The molecule has 0 saturated carbocycles. The maximum absolute atomic E-state index is 12.4. The van der Waals surface area contributed by atoms with E-state index in [-0.39, 0.29) is 6.04 Å². The van der Waals surface area contributed by atoms with Crippen LogP contribution in [0.15, 0.2) is 28.8 Å². The second kappa shape index (κ2) is 8.60. The summed E-state index contributed by atoms with van der Waals surface area (Å²) in [5.74, 6) is 1.74. The van der Waals surface area contributed by atoms with Crippen LogP contribution >= 0.6 is 30.3 Å². The summed E-state index contributed by atoms with van der Waals surface area (Å²) in [5.41, 5.74) is 2.84. The molecular formula is C19H23IN6O2S2. The van der Waals surface area contributed by atoms with Gasteiger partial charge in [0.05, 0.1) is 19.3 Å². The number of anilines is 1. The molecule has 1 atom stereocenters. The van der Waals surface area contributed by atoms with Crippen molar-refractivity contribution in [2.45, 2.75) is 19.9 Å². The summed E-state index contributed by atoms with van der Waals surface area (Å²) < 4.78 is 24.4. The van der Waals surface area contributed by atoms with E-state index in [1.165, 1.54) is 0 Å². The minimum atomic E-state index is -2.37. The summed E-state index contributed by atoms with van der Waals surface area (Å²) in [6.07, 6.45) is 4.99. The summed E-state index contributed by atoms with van der Waals surface area (Å²) in [6, 6.07) is 6.01. The smallest absolute Gasteiger partial charge is 0.167 e.